The first kappa shape index (κ1) is 13.7. The Hall–Kier alpha value is -0.730. The van der Waals surface area contributed by atoms with E-state index in [2.05, 4.69) is 49.2 Å². The van der Waals surface area contributed by atoms with Gasteiger partial charge in [0.1, 0.15) is 0 Å². The molecule has 0 atom stereocenters. The lowest BCUT2D eigenvalue weighted by molar-refractivity contribution is 0.387. The second-order valence-electron chi connectivity index (χ2n) is 5.75. The molecule has 1 aliphatic heterocycles. The van der Waals surface area contributed by atoms with Crippen LogP contribution in [0.4, 0.5) is 5.69 Å². The van der Waals surface area contributed by atoms with Gasteiger partial charge in [0.25, 0.3) is 0 Å². The summed E-state index contributed by atoms with van der Waals surface area (Å²) < 4.78 is 0. The standard InChI is InChI=1S/C15H23ClN2/c1-12-5-6-13(11-14(12)16)18-10-4-8-17-9-7-15(18,2)3/h5-6,11,17H,4,7-10H2,1-3H3. The number of rotatable bonds is 1. The van der Waals surface area contributed by atoms with Gasteiger partial charge in [-0.15, -0.1) is 0 Å². The third-order valence-corrected chi connectivity index (χ3v) is 4.25. The maximum absolute atomic E-state index is 6.26. The Bertz CT molecular complexity index is 415. The van der Waals surface area contributed by atoms with E-state index in [1.807, 2.05) is 0 Å². The molecule has 0 amide bonds. The number of nitrogens with zero attached hydrogens (tertiary/aromatic N) is 1. The van der Waals surface area contributed by atoms with Crippen LogP contribution in [0.25, 0.3) is 0 Å². The molecular weight excluding hydrogens is 244 g/mol. The molecule has 0 bridgehead atoms. The second kappa shape index (κ2) is 5.50. The summed E-state index contributed by atoms with van der Waals surface area (Å²) in [6.45, 7) is 9.95. The Balaban J connectivity index is 2.29. The molecule has 1 aromatic carbocycles. The Labute approximate surface area is 115 Å². The normalized spacial score (nSPS) is 20.3. The van der Waals surface area contributed by atoms with Gasteiger partial charge in [0.15, 0.2) is 0 Å². The smallest absolute Gasteiger partial charge is 0.0455 e. The summed E-state index contributed by atoms with van der Waals surface area (Å²) in [6.07, 6.45) is 2.33. The molecule has 0 unspecified atom stereocenters. The number of hydrogen-bond acceptors (Lipinski definition) is 2. The number of nitrogens with one attached hydrogen (secondary N) is 1. The highest BCUT2D eigenvalue weighted by Crippen LogP contribution is 2.30. The van der Waals surface area contributed by atoms with E-state index in [0.717, 1.165) is 36.6 Å². The summed E-state index contributed by atoms with van der Waals surface area (Å²) in [5, 5.41) is 4.35. The zero-order chi connectivity index (χ0) is 13.2. The van der Waals surface area contributed by atoms with Crippen LogP contribution in [0.1, 0.15) is 32.3 Å². The van der Waals surface area contributed by atoms with Crippen molar-refractivity contribution in [3.8, 4) is 0 Å². The predicted octanol–water partition coefficient (Wildman–Crippen LogP) is 3.62. The molecule has 0 aromatic heterocycles. The number of benzene rings is 1. The van der Waals surface area contributed by atoms with E-state index in [1.165, 1.54) is 12.1 Å². The summed E-state index contributed by atoms with van der Waals surface area (Å²) in [6, 6.07) is 6.41. The number of hydrogen-bond donors (Lipinski definition) is 1. The average molecular weight is 267 g/mol. The topological polar surface area (TPSA) is 15.3 Å². The first-order valence-corrected chi connectivity index (χ1v) is 7.13. The van der Waals surface area contributed by atoms with E-state index in [1.54, 1.807) is 0 Å². The van der Waals surface area contributed by atoms with Crippen LogP contribution in [-0.2, 0) is 0 Å². The molecule has 2 rings (SSSR count). The van der Waals surface area contributed by atoms with Crippen molar-refractivity contribution in [2.75, 3.05) is 24.5 Å². The number of anilines is 1. The van der Waals surface area contributed by atoms with E-state index in [-0.39, 0.29) is 5.54 Å². The molecule has 1 aliphatic rings. The number of halogens is 1. The van der Waals surface area contributed by atoms with Gasteiger partial charge in [0, 0.05) is 22.8 Å². The van der Waals surface area contributed by atoms with Crippen molar-refractivity contribution in [2.45, 2.75) is 39.2 Å². The largest absolute Gasteiger partial charge is 0.366 e. The number of aryl methyl sites for hydroxylation is 1. The molecule has 0 radical (unpaired) electrons. The summed E-state index contributed by atoms with van der Waals surface area (Å²) >= 11 is 6.26. The van der Waals surface area contributed by atoms with Gasteiger partial charge in [0.2, 0.25) is 0 Å². The highest BCUT2D eigenvalue weighted by molar-refractivity contribution is 6.31. The van der Waals surface area contributed by atoms with Gasteiger partial charge in [0.05, 0.1) is 0 Å². The van der Waals surface area contributed by atoms with Gasteiger partial charge in [-0.05, 0) is 64.4 Å². The molecule has 1 heterocycles. The van der Waals surface area contributed by atoms with Crippen LogP contribution in [0, 0.1) is 6.92 Å². The third kappa shape index (κ3) is 2.99. The molecule has 1 aromatic rings. The van der Waals surface area contributed by atoms with Crippen molar-refractivity contribution in [3.63, 3.8) is 0 Å². The Morgan fingerprint density at radius 2 is 2.06 bits per heavy atom. The summed E-state index contributed by atoms with van der Waals surface area (Å²) in [7, 11) is 0. The highest BCUT2D eigenvalue weighted by Gasteiger charge is 2.27. The van der Waals surface area contributed by atoms with Gasteiger partial charge < -0.3 is 10.2 Å². The third-order valence-electron chi connectivity index (χ3n) is 3.85. The molecule has 0 spiro atoms. The second-order valence-corrected chi connectivity index (χ2v) is 6.16. The molecule has 3 heteroatoms. The maximum Gasteiger partial charge on any atom is 0.0455 e. The zero-order valence-corrected chi connectivity index (χ0v) is 12.3. The van der Waals surface area contributed by atoms with Gasteiger partial charge >= 0.3 is 0 Å². The van der Waals surface area contributed by atoms with Crippen LogP contribution >= 0.6 is 11.6 Å². The molecule has 2 nitrogen and oxygen atoms in total. The minimum Gasteiger partial charge on any atom is -0.366 e. The predicted molar refractivity (Wildman–Crippen MR) is 79.7 cm³/mol. The van der Waals surface area contributed by atoms with Crippen LogP contribution in [0.2, 0.25) is 5.02 Å². The fraction of sp³-hybridized carbons (Fsp3) is 0.600. The lowest BCUT2D eigenvalue weighted by Gasteiger charge is -2.42. The fourth-order valence-corrected chi connectivity index (χ4v) is 2.72. The van der Waals surface area contributed by atoms with Crippen molar-refractivity contribution < 1.29 is 0 Å². The van der Waals surface area contributed by atoms with E-state index < -0.39 is 0 Å². The maximum atomic E-state index is 6.26. The van der Waals surface area contributed by atoms with Crippen molar-refractivity contribution in [3.05, 3.63) is 28.8 Å². The SMILES string of the molecule is Cc1ccc(N2CCCNCCC2(C)C)cc1Cl. The average Bonchev–Trinajstić information content (AvgIpc) is 2.29. The van der Waals surface area contributed by atoms with Crippen LogP contribution in [-0.4, -0.2) is 25.2 Å². The summed E-state index contributed by atoms with van der Waals surface area (Å²) in [5.41, 5.74) is 2.57. The summed E-state index contributed by atoms with van der Waals surface area (Å²) in [4.78, 5) is 2.50. The zero-order valence-electron chi connectivity index (χ0n) is 11.6. The van der Waals surface area contributed by atoms with E-state index in [0.29, 0.717) is 0 Å². The Morgan fingerprint density at radius 1 is 1.28 bits per heavy atom. The van der Waals surface area contributed by atoms with Crippen molar-refractivity contribution in [2.24, 2.45) is 0 Å². The molecule has 1 saturated heterocycles. The molecule has 1 N–H and O–H groups in total. The van der Waals surface area contributed by atoms with Gasteiger partial charge in [-0.1, -0.05) is 17.7 Å². The molecule has 0 aliphatic carbocycles. The van der Waals surface area contributed by atoms with Crippen LogP contribution in [0.3, 0.4) is 0 Å². The van der Waals surface area contributed by atoms with E-state index >= 15 is 0 Å². The lowest BCUT2D eigenvalue weighted by atomic mass is 9.95. The van der Waals surface area contributed by atoms with Crippen LogP contribution < -0.4 is 10.2 Å². The van der Waals surface area contributed by atoms with Gasteiger partial charge in [-0.3, -0.25) is 0 Å². The van der Waals surface area contributed by atoms with Crippen LogP contribution in [0.15, 0.2) is 18.2 Å². The first-order chi connectivity index (χ1) is 8.50. The van der Waals surface area contributed by atoms with E-state index in [9.17, 15) is 0 Å². The Morgan fingerprint density at radius 3 is 2.78 bits per heavy atom. The molecule has 1 fully saturated rings. The monoisotopic (exact) mass is 266 g/mol. The minimum absolute atomic E-state index is 0.173. The highest BCUT2D eigenvalue weighted by atomic mass is 35.5. The summed E-state index contributed by atoms with van der Waals surface area (Å²) in [5.74, 6) is 0. The molecule has 100 valence electrons. The Kier molecular flexibility index (Phi) is 4.18. The lowest BCUT2D eigenvalue weighted by Crippen LogP contribution is -2.49. The molecule has 0 saturated carbocycles. The van der Waals surface area contributed by atoms with Crippen molar-refractivity contribution >= 4 is 17.3 Å². The van der Waals surface area contributed by atoms with Crippen molar-refractivity contribution in [1.82, 2.24) is 5.32 Å². The van der Waals surface area contributed by atoms with Gasteiger partial charge in [-0.2, -0.15) is 0 Å². The molecule has 18 heavy (non-hydrogen) atoms. The molecular formula is C15H23ClN2. The fourth-order valence-electron chi connectivity index (χ4n) is 2.55. The van der Waals surface area contributed by atoms with Crippen LogP contribution in [0.5, 0.6) is 0 Å². The van der Waals surface area contributed by atoms with Gasteiger partial charge in [-0.25, -0.2) is 0 Å². The van der Waals surface area contributed by atoms with E-state index in [4.69, 9.17) is 11.6 Å². The first-order valence-electron chi connectivity index (χ1n) is 6.75. The van der Waals surface area contributed by atoms with Crippen molar-refractivity contribution in [1.29, 1.82) is 0 Å². The quantitative estimate of drug-likeness (QED) is 0.835. The minimum atomic E-state index is 0.173.